The van der Waals surface area contributed by atoms with Crippen LogP contribution in [0.25, 0.3) is 0 Å². The van der Waals surface area contributed by atoms with E-state index in [0.717, 1.165) is 6.26 Å². The number of halogens is 1. The number of rotatable bonds is 4. The first-order valence-electron chi connectivity index (χ1n) is 5.89. The molecule has 0 aromatic heterocycles. The molecule has 0 spiro atoms. The lowest BCUT2D eigenvalue weighted by molar-refractivity contribution is 0.601. The van der Waals surface area contributed by atoms with E-state index in [4.69, 9.17) is 11.6 Å². The third-order valence-electron chi connectivity index (χ3n) is 2.86. The molecular formula is C11H15ClN2O4S2. The number of sulfonamides is 1. The lowest BCUT2D eigenvalue weighted by atomic mass is 10.2. The Hall–Kier alpha value is -0.990. The Kier molecular flexibility index (Phi) is 4.17. The Morgan fingerprint density at radius 2 is 2.05 bits per heavy atom. The average Bonchev–Trinajstić information content (AvgIpc) is 2.61. The molecular weight excluding hydrogens is 324 g/mol. The summed E-state index contributed by atoms with van der Waals surface area (Å²) < 4.78 is 47.5. The van der Waals surface area contributed by atoms with Gasteiger partial charge in [-0.25, -0.2) is 16.8 Å². The van der Waals surface area contributed by atoms with E-state index >= 15 is 0 Å². The smallest absolute Gasteiger partial charge is 0.229 e. The zero-order chi connectivity index (χ0) is 15.0. The van der Waals surface area contributed by atoms with E-state index in [0.29, 0.717) is 22.8 Å². The van der Waals surface area contributed by atoms with E-state index in [-0.39, 0.29) is 17.5 Å². The van der Waals surface area contributed by atoms with Crippen molar-refractivity contribution in [2.45, 2.75) is 12.5 Å². The molecule has 112 valence electrons. The van der Waals surface area contributed by atoms with E-state index in [9.17, 15) is 16.8 Å². The first kappa shape index (κ1) is 15.4. The summed E-state index contributed by atoms with van der Waals surface area (Å²) in [5.74, 6) is 0.219. The summed E-state index contributed by atoms with van der Waals surface area (Å²) in [5.41, 5.74) is 0.891. The van der Waals surface area contributed by atoms with Crippen LogP contribution in [-0.2, 0) is 19.9 Å². The van der Waals surface area contributed by atoms with E-state index < -0.39 is 19.9 Å². The molecule has 0 radical (unpaired) electrons. The van der Waals surface area contributed by atoms with Crippen LogP contribution in [0.2, 0.25) is 5.02 Å². The second kappa shape index (κ2) is 5.42. The summed E-state index contributed by atoms with van der Waals surface area (Å²) in [4.78, 5) is 0. The Bertz CT molecular complexity index is 716. The van der Waals surface area contributed by atoms with Crippen molar-refractivity contribution >= 4 is 42.8 Å². The normalized spacial score (nSPS) is 21.6. The van der Waals surface area contributed by atoms with Crippen LogP contribution >= 0.6 is 11.6 Å². The van der Waals surface area contributed by atoms with Gasteiger partial charge in [0.1, 0.15) is 0 Å². The van der Waals surface area contributed by atoms with Crippen molar-refractivity contribution in [1.29, 1.82) is 0 Å². The van der Waals surface area contributed by atoms with Gasteiger partial charge in [-0.15, -0.1) is 0 Å². The molecule has 2 rings (SSSR count). The maximum Gasteiger partial charge on any atom is 0.229 e. The second-order valence-electron chi connectivity index (χ2n) is 4.81. The summed E-state index contributed by atoms with van der Waals surface area (Å²) in [6.45, 7) is 0. The fourth-order valence-corrected chi connectivity index (χ4v) is 4.44. The molecule has 20 heavy (non-hydrogen) atoms. The van der Waals surface area contributed by atoms with E-state index in [1.165, 1.54) is 0 Å². The van der Waals surface area contributed by atoms with Gasteiger partial charge in [0.15, 0.2) is 9.84 Å². The fourth-order valence-electron chi connectivity index (χ4n) is 2.04. The quantitative estimate of drug-likeness (QED) is 0.863. The van der Waals surface area contributed by atoms with Crippen molar-refractivity contribution < 1.29 is 16.8 Å². The zero-order valence-corrected chi connectivity index (χ0v) is 13.1. The van der Waals surface area contributed by atoms with Crippen LogP contribution in [0, 0.1) is 0 Å². The highest BCUT2D eigenvalue weighted by molar-refractivity contribution is 7.92. The molecule has 1 atom stereocenters. The monoisotopic (exact) mass is 338 g/mol. The van der Waals surface area contributed by atoms with Gasteiger partial charge in [0.05, 0.1) is 34.2 Å². The van der Waals surface area contributed by atoms with Crippen molar-refractivity contribution in [1.82, 2.24) is 0 Å². The van der Waals surface area contributed by atoms with Gasteiger partial charge < -0.3 is 5.32 Å². The van der Waals surface area contributed by atoms with E-state index in [1.807, 2.05) is 0 Å². The second-order valence-corrected chi connectivity index (χ2v) is 9.20. The molecule has 1 aliphatic heterocycles. The minimum atomic E-state index is -3.37. The lowest BCUT2D eigenvalue weighted by Gasteiger charge is -2.15. The molecule has 0 amide bonds. The van der Waals surface area contributed by atoms with Crippen molar-refractivity contribution in [2.75, 3.05) is 27.8 Å². The van der Waals surface area contributed by atoms with Crippen LogP contribution < -0.4 is 10.0 Å². The number of hydrogen-bond acceptors (Lipinski definition) is 5. The van der Waals surface area contributed by atoms with Crippen molar-refractivity contribution in [3.05, 3.63) is 23.2 Å². The van der Waals surface area contributed by atoms with Crippen molar-refractivity contribution in [3.8, 4) is 0 Å². The summed E-state index contributed by atoms with van der Waals surface area (Å²) in [6.07, 6.45) is 1.57. The average molecular weight is 339 g/mol. The molecule has 1 aromatic rings. The summed E-state index contributed by atoms with van der Waals surface area (Å²) in [7, 11) is -6.35. The first-order chi connectivity index (χ1) is 9.15. The number of hydrogen-bond donors (Lipinski definition) is 2. The van der Waals surface area contributed by atoms with E-state index in [2.05, 4.69) is 10.0 Å². The minimum Gasteiger partial charge on any atom is -0.380 e. The van der Waals surface area contributed by atoms with Crippen molar-refractivity contribution in [3.63, 3.8) is 0 Å². The molecule has 9 heteroatoms. The largest absolute Gasteiger partial charge is 0.380 e. The van der Waals surface area contributed by atoms with Crippen LogP contribution in [0.4, 0.5) is 11.4 Å². The van der Waals surface area contributed by atoms with Gasteiger partial charge >= 0.3 is 0 Å². The van der Waals surface area contributed by atoms with Gasteiger partial charge in [0, 0.05) is 6.04 Å². The maximum atomic E-state index is 11.4. The van der Waals surface area contributed by atoms with Gasteiger partial charge in [0.2, 0.25) is 10.0 Å². The molecule has 1 fully saturated rings. The van der Waals surface area contributed by atoms with Gasteiger partial charge in [0.25, 0.3) is 0 Å². The number of nitrogens with one attached hydrogen (secondary N) is 2. The molecule has 1 unspecified atom stereocenters. The minimum absolute atomic E-state index is 0.0626. The summed E-state index contributed by atoms with van der Waals surface area (Å²) >= 11 is 6.03. The van der Waals surface area contributed by atoms with Crippen LogP contribution in [0.1, 0.15) is 6.42 Å². The number of anilines is 2. The van der Waals surface area contributed by atoms with Gasteiger partial charge in [-0.1, -0.05) is 11.6 Å². The van der Waals surface area contributed by atoms with Crippen LogP contribution in [0.5, 0.6) is 0 Å². The molecule has 1 aliphatic rings. The summed E-state index contributed by atoms with van der Waals surface area (Å²) in [6, 6.07) is 4.45. The first-order valence-corrected chi connectivity index (χ1v) is 9.98. The molecule has 0 bridgehead atoms. The highest BCUT2D eigenvalue weighted by Crippen LogP contribution is 2.28. The molecule has 1 saturated heterocycles. The topological polar surface area (TPSA) is 92.3 Å². The maximum absolute atomic E-state index is 11.4. The molecule has 6 nitrogen and oxygen atoms in total. The van der Waals surface area contributed by atoms with Gasteiger partial charge in [-0.2, -0.15) is 0 Å². The Morgan fingerprint density at radius 1 is 1.35 bits per heavy atom. The van der Waals surface area contributed by atoms with Crippen LogP contribution in [0.3, 0.4) is 0 Å². The third-order valence-corrected chi connectivity index (χ3v) is 5.57. The molecule has 2 N–H and O–H groups in total. The summed E-state index contributed by atoms with van der Waals surface area (Å²) in [5, 5.41) is 3.46. The Balaban J connectivity index is 2.17. The number of sulfone groups is 1. The molecule has 1 aromatic carbocycles. The Morgan fingerprint density at radius 3 is 2.60 bits per heavy atom. The fraction of sp³-hybridized carbons (Fsp3) is 0.455. The highest BCUT2D eigenvalue weighted by Gasteiger charge is 2.28. The Labute approximate surface area is 123 Å². The molecule has 1 heterocycles. The van der Waals surface area contributed by atoms with Gasteiger partial charge in [-0.05, 0) is 24.6 Å². The standard InChI is InChI=1S/C11H15ClN2O4S2/c1-19(15,16)14-8-2-3-10(12)11(6-8)13-9-4-5-20(17,18)7-9/h2-3,6,9,13-14H,4-5,7H2,1H3. The van der Waals surface area contributed by atoms with Crippen molar-refractivity contribution in [2.24, 2.45) is 0 Å². The predicted octanol–water partition coefficient (Wildman–Crippen LogP) is 1.31. The molecule has 0 aliphatic carbocycles. The highest BCUT2D eigenvalue weighted by atomic mass is 35.5. The third kappa shape index (κ3) is 4.26. The van der Waals surface area contributed by atoms with Crippen LogP contribution in [0.15, 0.2) is 18.2 Å². The predicted molar refractivity (Wildman–Crippen MR) is 80.6 cm³/mol. The van der Waals surface area contributed by atoms with Gasteiger partial charge in [-0.3, -0.25) is 4.72 Å². The SMILES string of the molecule is CS(=O)(=O)Nc1ccc(Cl)c(NC2CCS(=O)(=O)C2)c1. The zero-order valence-electron chi connectivity index (χ0n) is 10.8. The lowest BCUT2D eigenvalue weighted by Crippen LogP contribution is -2.21. The number of benzene rings is 1. The van der Waals surface area contributed by atoms with Crippen LogP contribution in [-0.4, -0.2) is 40.6 Å². The van der Waals surface area contributed by atoms with E-state index in [1.54, 1.807) is 18.2 Å². The molecule has 0 saturated carbocycles.